The van der Waals surface area contributed by atoms with Gasteiger partial charge in [-0.3, -0.25) is 14.8 Å². The average molecular weight is 565 g/mol. The third-order valence-electron chi connectivity index (χ3n) is 6.67. The Morgan fingerprint density at radius 1 is 0.850 bits per heavy atom. The molecular weight excluding hydrogens is 528 g/mol. The van der Waals surface area contributed by atoms with Crippen molar-refractivity contribution in [2.75, 3.05) is 11.1 Å². The second kappa shape index (κ2) is 15.5. The van der Waals surface area contributed by atoms with Crippen LogP contribution in [-0.2, 0) is 25.7 Å². The number of amides is 2. The molecule has 8 nitrogen and oxygen atoms in total. The Kier molecular flexibility index (Phi) is 11.6. The summed E-state index contributed by atoms with van der Waals surface area (Å²) in [6.45, 7) is -0.00668. The zero-order valence-corrected chi connectivity index (χ0v) is 23.1. The third kappa shape index (κ3) is 9.18. The number of thioether (sulfide) groups is 1. The van der Waals surface area contributed by atoms with E-state index in [4.69, 9.17) is 14.7 Å². The first-order chi connectivity index (χ1) is 19.5. The van der Waals surface area contributed by atoms with Gasteiger partial charge in [-0.05, 0) is 48.2 Å². The van der Waals surface area contributed by atoms with E-state index in [-0.39, 0.29) is 31.1 Å². The number of carbonyl (C=O) groups is 2. The number of hydroxylamine groups is 1. The summed E-state index contributed by atoms with van der Waals surface area (Å²) in [6, 6.07) is 25.6. The van der Waals surface area contributed by atoms with Crippen molar-refractivity contribution < 1.29 is 29.4 Å². The Morgan fingerprint density at radius 2 is 1.60 bits per heavy atom. The lowest BCUT2D eigenvalue weighted by Gasteiger charge is -2.36. The van der Waals surface area contributed by atoms with Gasteiger partial charge in [0.1, 0.15) is 0 Å². The molecule has 0 saturated carbocycles. The van der Waals surface area contributed by atoms with Crippen LogP contribution in [0.2, 0.25) is 0 Å². The minimum Gasteiger partial charge on any atom is -0.392 e. The van der Waals surface area contributed by atoms with Crippen molar-refractivity contribution in [2.45, 2.75) is 68.5 Å². The summed E-state index contributed by atoms with van der Waals surface area (Å²) in [5.41, 5.74) is 4.98. The van der Waals surface area contributed by atoms with E-state index in [9.17, 15) is 14.7 Å². The van der Waals surface area contributed by atoms with Gasteiger partial charge in [-0.1, -0.05) is 61.0 Å². The number of nitrogens with one attached hydrogen (secondary N) is 2. The molecule has 1 heterocycles. The van der Waals surface area contributed by atoms with Gasteiger partial charge in [0.05, 0.1) is 18.8 Å². The summed E-state index contributed by atoms with van der Waals surface area (Å²) in [4.78, 5) is 24.8. The van der Waals surface area contributed by atoms with Crippen LogP contribution in [-0.4, -0.2) is 34.0 Å². The summed E-state index contributed by atoms with van der Waals surface area (Å²) in [6.07, 6.45) is 2.41. The fourth-order valence-electron chi connectivity index (χ4n) is 4.52. The summed E-state index contributed by atoms with van der Waals surface area (Å²) >= 11 is 1.75. The molecule has 1 aliphatic heterocycles. The zero-order valence-electron chi connectivity index (χ0n) is 22.3. The van der Waals surface area contributed by atoms with E-state index in [2.05, 4.69) is 17.4 Å². The minimum absolute atomic E-state index is 0.00668. The van der Waals surface area contributed by atoms with Gasteiger partial charge in [-0.15, -0.1) is 11.8 Å². The number of ether oxygens (including phenoxy) is 2. The molecule has 0 radical (unpaired) electrons. The molecule has 4 rings (SSSR count). The van der Waals surface area contributed by atoms with Crippen molar-refractivity contribution in [2.24, 2.45) is 0 Å². The van der Waals surface area contributed by atoms with E-state index < -0.39 is 12.2 Å². The van der Waals surface area contributed by atoms with Crippen LogP contribution in [0, 0.1) is 0 Å². The number of anilines is 1. The largest absolute Gasteiger partial charge is 0.392 e. The van der Waals surface area contributed by atoms with E-state index in [0.717, 1.165) is 22.4 Å². The maximum Gasteiger partial charge on any atom is 0.243 e. The van der Waals surface area contributed by atoms with Gasteiger partial charge in [0.2, 0.25) is 11.8 Å². The zero-order chi connectivity index (χ0) is 28.2. The van der Waals surface area contributed by atoms with Crippen molar-refractivity contribution in [1.29, 1.82) is 0 Å². The first-order valence-electron chi connectivity index (χ1n) is 13.5. The third-order valence-corrected chi connectivity index (χ3v) is 7.81. The van der Waals surface area contributed by atoms with Crippen molar-refractivity contribution in [3.05, 3.63) is 95.6 Å². The molecule has 1 fully saturated rings. The number of aliphatic hydroxyl groups is 1. The molecule has 0 bridgehead atoms. The lowest BCUT2D eigenvalue weighted by molar-refractivity contribution is -0.245. The molecule has 212 valence electrons. The number of unbranched alkanes of at least 4 members (excludes halogenated alkanes) is 2. The van der Waals surface area contributed by atoms with Gasteiger partial charge in [-0.2, -0.15) is 0 Å². The molecule has 9 heteroatoms. The Labute approximate surface area is 239 Å². The molecule has 0 spiro atoms. The highest BCUT2D eigenvalue weighted by Crippen LogP contribution is 2.39. The highest BCUT2D eigenvalue weighted by Gasteiger charge is 2.32. The van der Waals surface area contributed by atoms with Crippen LogP contribution < -0.4 is 10.8 Å². The summed E-state index contributed by atoms with van der Waals surface area (Å²) in [7, 11) is 0. The number of aliphatic hydroxyl groups excluding tert-OH is 1. The van der Waals surface area contributed by atoms with Crippen LogP contribution >= 0.6 is 11.8 Å². The average Bonchev–Trinajstić information content (AvgIpc) is 3.00. The SMILES string of the molecule is O=C(CCCCCC(=O)Nc1cccc(C2OC(CSc3ccccc3)CC(c3ccc(CO)cc3)O2)c1)NO. The number of hydrogen-bond donors (Lipinski definition) is 4. The lowest BCUT2D eigenvalue weighted by atomic mass is 10.0. The first-order valence-corrected chi connectivity index (χ1v) is 14.5. The fourth-order valence-corrected chi connectivity index (χ4v) is 5.46. The highest BCUT2D eigenvalue weighted by molar-refractivity contribution is 7.99. The van der Waals surface area contributed by atoms with Gasteiger partial charge >= 0.3 is 0 Å². The van der Waals surface area contributed by atoms with Crippen molar-refractivity contribution >= 4 is 29.3 Å². The van der Waals surface area contributed by atoms with E-state index in [1.165, 1.54) is 4.90 Å². The quantitative estimate of drug-likeness (QED) is 0.0882. The van der Waals surface area contributed by atoms with Gasteiger partial charge in [0, 0.05) is 41.2 Å². The predicted molar refractivity (Wildman–Crippen MR) is 154 cm³/mol. The maximum absolute atomic E-state index is 12.5. The number of rotatable bonds is 13. The predicted octanol–water partition coefficient (Wildman–Crippen LogP) is 5.91. The van der Waals surface area contributed by atoms with Crippen LogP contribution in [0.5, 0.6) is 0 Å². The Balaban J connectivity index is 1.40. The molecule has 1 saturated heterocycles. The van der Waals surface area contributed by atoms with Gasteiger partial charge in [0.15, 0.2) is 6.29 Å². The first kappa shape index (κ1) is 29.8. The van der Waals surface area contributed by atoms with Crippen LogP contribution in [0.15, 0.2) is 83.8 Å². The molecule has 3 unspecified atom stereocenters. The van der Waals surface area contributed by atoms with E-state index in [1.54, 1.807) is 17.2 Å². The molecule has 3 atom stereocenters. The van der Waals surface area contributed by atoms with Gasteiger partial charge in [0.25, 0.3) is 0 Å². The van der Waals surface area contributed by atoms with Crippen molar-refractivity contribution in [3.8, 4) is 0 Å². The van der Waals surface area contributed by atoms with Crippen LogP contribution in [0.25, 0.3) is 0 Å². The standard InChI is InChI=1S/C31H36N2O6S/c34-20-22-14-16-23(17-15-22)28-19-26(21-40-27-10-3-1-4-11-27)38-31(39-28)24-8-7-9-25(18-24)32-29(35)12-5-2-6-13-30(36)33-37/h1,3-4,7-11,14-18,26,28,31,34,37H,2,5-6,12-13,19-21H2,(H,32,35)(H,33,36). The number of carbonyl (C=O) groups excluding carboxylic acids is 2. The Bertz CT molecular complexity index is 1220. The minimum atomic E-state index is -0.604. The molecule has 0 aromatic heterocycles. The highest BCUT2D eigenvalue weighted by atomic mass is 32.2. The van der Waals surface area contributed by atoms with Crippen LogP contribution in [0.4, 0.5) is 5.69 Å². The molecule has 2 amide bonds. The molecular formula is C31H36N2O6S. The Hall–Kier alpha value is -3.21. The normalized spacial score (nSPS) is 18.7. The van der Waals surface area contributed by atoms with Gasteiger partial charge < -0.3 is 19.9 Å². The summed E-state index contributed by atoms with van der Waals surface area (Å²) in [5, 5.41) is 20.9. The fraction of sp³-hybridized carbons (Fsp3) is 0.355. The summed E-state index contributed by atoms with van der Waals surface area (Å²) in [5.74, 6) is 0.248. The smallest absolute Gasteiger partial charge is 0.243 e. The molecule has 3 aromatic rings. The maximum atomic E-state index is 12.5. The second-order valence-corrected chi connectivity index (χ2v) is 10.8. The molecule has 40 heavy (non-hydrogen) atoms. The second-order valence-electron chi connectivity index (χ2n) is 9.74. The molecule has 0 aliphatic carbocycles. The Morgan fingerprint density at radius 3 is 2.33 bits per heavy atom. The number of benzene rings is 3. The molecule has 3 aromatic carbocycles. The van der Waals surface area contributed by atoms with Gasteiger partial charge in [-0.25, -0.2) is 5.48 Å². The summed E-state index contributed by atoms with van der Waals surface area (Å²) < 4.78 is 12.9. The molecule has 1 aliphatic rings. The van der Waals surface area contributed by atoms with Crippen molar-refractivity contribution in [3.63, 3.8) is 0 Å². The van der Waals surface area contributed by atoms with E-state index >= 15 is 0 Å². The van der Waals surface area contributed by atoms with Crippen molar-refractivity contribution in [1.82, 2.24) is 5.48 Å². The topological polar surface area (TPSA) is 117 Å². The molecule has 4 N–H and O–H groups in total. The van der Waals surface area contributed by atoms with E-state index in [0.29, 0.717) is 37.8 Å². The van der Waals surface area contributed by atoms with Crippen LogP contribution in [0.3, 0.4) is 0 Å². The van der Waals surface area contributed by atoms with Crippen LogP contribution in [0.1, 0.15) is 67.6 Å². The van der Waals surface area contributed by atoms with E-state index in [1.807, 2.05) is 66.7 Å². The lowest BCUT2D eigenvalue weighted by Crippen LogP contribution is -2.31. The number of hydrogen-bond acceptors (Lipinski definition) is 7. The monoisotopic (exact) mass is 564 g/mol.